The first-order valence-electron chi connectivity index (χ1n) is 5.30. The Hall–Kier alpha value is 0.140. The molecule has 1 unspecified atom stereocenters. The lowest BCUT2D eigenvalue weighted by Gasteiger charge is -2.12. The minimum absolute atomic E-state index is 0.326. The topological polar surface area (TPSA) is 20.2 Å². The molecule has 0 heterocycles. The monoisotopic (exact) mass is 332 g/mol. The molecule has 1 nitrogen and oxygen atoms in total. The van der Waals surface area contributed by atoms with Gasteiger partial charge in [-0.1, -0.05) is 50.8 Å². The van der Waals surface area contributed by atoms with Crippen LogP contribution in [0.5, 0.6) is 0 Å². The van der Waals surface area contributed by atoms with E-state index in [1.165, 1.54) is 12.8 Å². The largest absolute Gasteiger partial charge is 0.388 e. The summed E-state index contributed by atoms with van der Waals surface area (Å²) in [7, 11) is 0. The second kappa shape index (κ2) is 4.98. The number of aliphatic hydroxyl groups excluding tert-OH is 1. The normalized spacial score (nSPS) is 17.8. The smallest absolute Gasteiger partial charge is 0.0801 e. The number of rotatable bonds is 4. The van der Waals surface area contributed by atoms with Crippen molar-refractivity contribution in [3.8, 4) is 0 Å². The lowest BCUT2D eigenvalue weighted by Crippen LogP contribution is -1.99. The van der Waals surface area contributed by atoms with Gasteiger partial charge in [-0.25, -0.2) is 0 Å². The van der Waals surface area contributed by atoms with Gasteiger partial charge in [0, 0.05) is 8.95 Å². The van der Waals surface area contributed by atoms with Gasteiger partial charge in [0.25, 0.3) is 0 Å². The summed E-state index contributed by atoms with van der Waals surface area (Å²) in [4.78, 5) is 0. The molecule has 1 atom stereocenters. The van der Waals surface area contributed by atoms with E-state index in [0.29, 0.717) is 0 Å². The SMILES string of the molecule is OC(CCC1CC1)c1ccc(Br)cc1Br. The van der Waals surface area contributed by atoms with Crippen LogP contribution in [0.4, 0.5) is 0 Å². The van der Waals surface area contributed by atoms with Crippen molar-refractivity contribution in [1.29, 1.82) is 0 Å². The molecule has 1 aliphatic rings. The molecule has 15 heavy (non-hydrogen) atoms. The van der Waals surface area contributed by atoms with E-state index in [1.807, 2.05) is 18.2 Å². The van der Waals surface area contributed by atoms with Crippen LogP contribution in [-0.4, -0.2) is 5.11 Å². The second-order valence-corrected chi connectivity index (χ2v) is 5.97. The van der Waals surface area contributed by atoms with Crippen molar-refractivity contribution in [2.75, 3.05) is 0 Å². The predicted octanol–water partition coefficient (Wildman–Crippen LogP) is 4.44. The molecule has 1 aromatic carbocycles. The van der Waals surface area contributed by atoms with Crippen LogP contribution < -0.4 is 0 Å². The Morgan fingerprint density at radius 2 is 2.07 bits per heavy atom. The number of hydrogen-bond donors (Lipinski definition) is 1. The molecule has 0 aliphatic heterocycles. The van der Waals surface area contributed by atoms with Gasteiger partial charge in [-0.15, -0.1) is 0 Å². The number of hydrogen-bond acceptors (Lipinski definition) is 1. The van der Waals surface area contributed by atoms with Gasteiger partial charge >= 0.3 is 0 Å². The van der Waals surface area contributed by atoms with E-state index in [4.69, 9.17) is 0 Å². The van der Waals surface area contributed by atoms with Crippen LogP contribution in [0.15, 0.2) is 27.1 Å². The molecule has 1 N–H and O–H groups in total. The predicted molar refractivity (Wildman–Crippen MR) is 68.8 cm³/mol. The van der Waals surface area contributed by atoms with Gasteiger partial charge in [0.1, 0.15) is 0 Å². The Bertz CT molecular complexity index is 347. The summed E-state index contributed by atoms with van der Waals surface area (Å²) in [5.41, 5.74) is 0.999. The van der Waals surface area contributed by atoms with Gasteiger partial charge in [-0.2, -0.15) is 0 Å². The Morgan fingerprint density at radius 3 is 2.67 bits per heavy atom. The molecule has 0 radical (unpaired) electrons. The van der Waals surface area contributed by atoms with E-state index in [9.17, 15) is 5.11 Å². The quantitative estimate of drug-likeness (QED) is 0.863. The average Bonchev–Trinajstić information content (AvgIpc) is 2.97. The Morgan fingerprint density at radius 1 is 1.33 bits per heavy atom. The zero-order valence-corrected chi connectivity index (χ0v) is 11.6. The lowest BCUT2D eigenvalue weighted by molar-refractivity contribution is 0.161. The van der Waals surface area contributed by atoms with Crippen molar-refractivity contribution in [3.63, 3.8) is 0 Å². The Balaban J connectivity index is 1.99. The van der Waals surface area contributed by atoms with E-state index >= 15 is 0 Å². The summed E-state index contributed by atoms with van der Waals surface area (Å²) in [6, 6.07) is 5.93. The highest BCUT2D eigenvalue weighted by Gasteiger charge is 2.22. The zero-order chi connectivity index (χ0) is 10.8. The maximum absolute atomic E-state index is 10.0. The maximum atomic E-state index is 10.0. The van der Waals surface area contributed by atoms with Crippen LogP contribution in [0.2, 0.25) is 0 Å². The zero-order valence-electron chi connectivity index (χ0n) is 8.42. The van der Waals surface area contributed by atoms with Crippen molar-refractivity contribution >= 4 is 31.9 Å². The fourth-order valence-corrected chi connectivity index (χ4v) is 3.04. The molecule has 0 bridgehead atoms. The summed E-state index contributed by atoms with van der Waals surface area (Å²) in [5.74, 6) is 0.883. The lowest BCUT2D eigenvalue weighted by atomic mass is 10.0. The van der Waals surface area contributed by atoms with Crippen LogP contribution in [-0.2, 0) is 0 Å². The molecule has 3 heteroatoms. The minimum Gasteiger partial charge on any atom is -0.388 e. The van der Waals surface area contributed by atoms with Crippen LogP contribution in [0.1, 0.15) is 37.4 Å². The summed E-state index contributed by atoms with van der Waals surface area (Å²) in [6.07, 6.45) is 4.42. The van der Waals surface area contributed by atoms with Crippen LogP contribution >= 0.6 is 31.9 Å². The summed E-state index contributed by atoms with van der Waals surface area (Å²) >= 11 is 6.89. The molecule has 0 aromatic heterocycles. The fraction of sp³-hybridized carbons (Fsp3) is 0.500. The first-order chi connectivity index (χ1) is 7.16. The van der Waals surface area contributed by atoms with Crippen molar-refractivity contribution < 1.29 is 5.11 Å². The van der Waals surface area contributed by atoms with Gasteiger partial charge in [0.05, 0.1) is 6.10 Å². The second-order valence-electron chi connectivity index (χ2n) is 4.20. The van der Waals surface area contributed by atoms with Gasteiger partial charge < -0.3 is 5.11 Å². The van der Waals surface area contributed by atoms with Gasteiger partial charge in [0.2, 0.25) is 0 Å². The molecule has 1 saturated carbocycles. The molecule has 1 aliphatic carbocycles. The maximum Gasteiger partial charge on any atom is 0.0801 e. The van der Waals surface area contributed by atoms with E-state index < -0.39 is 0 Å². The molecule has 2 rings (SSSR count). The first kappa shape index (κ1) is 11.6. The van der Waals surface area contributed by atoms with Gasteiger partial charge in [-0.3, -0.25) is 0 Å². The number of aliphatic hydroxyl groups is 1. The Kier molecular flexibility index (Phi) is 3.86. The fourth-order valence-electron chi connectivity index (χ4n) is 1.73. The molecular formula is C12H14Br2O. The van der Waals surface area contributed by atoms with E-state index in [0.717, 1.165) is 33.3 Å². The third kappa shape index (κ3) is 3.30. The molecule has 0 spiro atoms. The molecule has 0 saturated heterocycles. The highest BCUT2D eigenvalue weighted by Crippen LogP contribution is 2.37. The van der Waals surface area contributed by atoms with Gasteiger partial charge in [-0.05, 0) is 36.5 Å². The first-order valence-corrected chi connectivity index (χ1v) is 6.88. The van der Waals surface area contributed by atoms with Crippen molar-refractivity contribution in [2.45, 2.75) is 31.8 Å². The van der Waals surface area contributed by atoms with E-state index in [-0.39, 0.29) is 6.10 Å². The molecule has 1 aromatic rings. The average molecular weight is 334 g/mol. The van der Waals surface area contributed by atoms with Crippen molar-refractivity contribution in [2.24, 2.45) is 5.92 Å². The van der Waals surface area contributed by atoms with Crippen LogP contribution in [0.3, 0.4) is 0 Å². The molecule has 1 fully saturated rings. The molecule has 0 amide bonds. The Labute approximate surface area is 107 Å². The third-order valence-electron chi connectivity index (χ3n) is 2.87. The van der Waals surface area contributed by atoms with Crippen LogP contribution in [0, 0.1) is 5.92 Å². The standard InChI is InChI=1S/C12H14Br2O/c13-9-4-5-10(11(14)7-9)12(15)6-3-8-1-2-8/h4-5,7-8,12,15H,1-3,6H2. The van der Waals surface area contributed by atoms with E-state index in [1.54, 1.807) is 0 Å². The molecule has 82 valence electrons. The number of benzene rings is 1. The third-order valence-corrected chi connectivity index (χ3v) is 4.05. The summed E-state index contributed by atoms with van der Waals surface area (Å²) < 4.78 is 2.02. The summed E-state index contributed by atoms with van der Waals surface area (Å²) in [5, 5.41) is 10.0. The molecular weight excluding hydrogens is 320 g/mol. The van der Waals surface area contributed by atoms with Gasteiger partial charge in [0.15, 0.2) is 0 Å². The highest BCUT2D eigenvalue weighted by molar-refractivity contribution is 9.11. The van der Waals surface area contributed by atoms with Crippen molar-refractivity contribution in [1.82, 2.24) is 0 Å². The summed E-state index contributed by atoms with van der Waals surface area (Å²) in [6.45, 7) is 0. The number of halogens is 2. The van der Waals surface area contributed by atoms with Crippen molar-refractivity contribution in [3.05, 3.63) is 32.7 Å². The minimum atomic E-state index is -0.326. The highest BCUT2D eigenvalue weighted by atomic mass is 79.9. The van der Waals surface area contributed by atoms with Crippen LogP contribution in [0.25, 0.3) is 0 Å². The van der Waals surface area contributed by atoms with E-state index in [2.05, 4.69) is 31.9 Å².